The fourth-order valence-corrected chi connectivity index (χ4v) is 5.48. The van der Waals surface area contributed by atoms with Crippen molar-refractivity contribution in [3.63, 3.8) is 0 Å². The van der Waals surface area contributed by atoms with E-state index in [-0.39, 0.29) is 5.38 Å². The summed E-state index contributed by atoms with van der Waals surface area (Å²) in [6.07, 6.45) is 0.973. The van der Waals surface area contributed by atoms with E-state index < -0.39 is 0 Å². The van der Waals surface area contributed by atoms with Gasteiger partial charge in [0.15, 0.2) is 0 Å². The Bertz CT molecular complexity index is 597. The molecule has 1 aliphatic rings. The van der Waals surface area contributed by atoms with Crippen LogP contribution in [0.1, 0.15) is 22.1 Å². The summed E-state index contributed by atoms with van der Waals surface area (Å²) in [4.78, 5) is 0. The Hall–Kier alpha value is -0.0300. The zero-order valence-electron chi connectivity index (χ0n) is 9.25. The molecule has 0 saturated carbocycles. The van der Waals surface area contributed by atoms with Crippen LogP contribution in [-0.2, 0) is 6.42 Å². The number of ether oxygens (including phenoxy) is 1. The summed E-state index contributed by atoms with van der Waals surface area (Å²) in [6.45, 7) is 0.777. The normalized spacial score (nSPS) is 15.3. The third-order valence-electron chi connectivity index (χ3n) is 2.96. The van der Waals surface area contributed by atoms with Gasteiger partial charge in [-0.1, -0.05) is 12.1 Å². The van der Waals surface area contributed by atoms with Gasteiger partial charge in [-0.15, -0.1) is 22.9 Å². The lowest BCUT2D eigenvalue weighted by atomic mass is 10.0. The van der Waals surface area contributed by atoms with Crippen molar-refractivity contribution >= 4 is 54.8 Å². The maximum absolute atomic E-state index is 6.57. The summed E-state index contributed by atoms with van der Waals surface area (Å²) in [7, 11) is 0. The van der Waals surface area contributed by atoms with Gasteiger partial charge in [0.2, 0.25) is 0 Å². The predicted molar refractivity (Wildman–Crippen MR) is 83.1 cm³/mol. The van der Waals surface area contributed by atoms with Crippen LogP contribution >= 0.6 is 54.8 Å². The van der Waals surface area contributed by atoms with Gasteiger partial charge < -0.3 is 4.74 Å². The molecule has 0 N–H and O–H groups in total. The lowest BCUT2D eigenvalue weighted by molar-refractivity contribution is 0.357. The van der Waals surface area contributed by atoms with Crippen LogP contribution in [0.15, 0.2) is 31.8 Å². The van der Waals surface area contributed by atoms with E-state index in [1.54, 1.807) is 11.3 Å². The van der Waals surface area contributed by atoms with Crippen LogP contribution in [0.3, 0.4) is 0 Å². The molecule has 0 fully saturated rings. The molecule has 5 heteroatoms. The first-order chi connectivity index (χ1) is 8.65. The van der Waals surface area contributed by atoms with Crippen LogP contribution < -0.4 is 4.74 Å². The van der Waals surface area contributed by atoms with Crippen LogP contribution in [0.25, 0.3) is 0 Å². The average molecular weight is 409 g/mol. The second-order valence-corrected chi connectivity index (χ2v) is 8.29. The fraction of sp³-hybridized carbons (Fsp3) is 0.231. The lowest BCUT2D eigenvalue weighted by Crippen LogP contribution is -1.93. The van der Waals surface area contributed by atoms with E-state index in [9.17, 15) is 0 Å². The molecule has 1 nitrogen and oxygen atoms in total. The summed E-state index contributed by atoms with van der Waals surface area (Å²) >= 11 is 15.2. The van der Waals surface area contributed by atoms with E-state index in [0.29, 0.717) is 0 Å². The molecule has 1 aliphatic heterocycles. The van der Waals surface area contributed by atoms with Crippen LogP contribution in [0.4, 0.5) is 0 Å². The van der Waals surface area contributed by atoms with Gasteiger partial charge in [-0.2, -0.15) is 0 Å². The number of alkyl halides is 1. The van der Waals surface area contributed by atoms with E-state index in [2.05, 4.69) is 44.0 Å². The molecule has 2 aromatic rings. The Morgan fingerprint density at radius 2 is 2.11 bits per heavy atom. The largest absolute Gasteiger partial charge is 0.493 e. The highest BCUT2D eigenvalue weighted by Crippen LogP contribution is 2.41. The Kier molecular flexibility index (Phi) is 3.72. The maximum atomic E-state index is 6.57. The fourth-order valence-electron chi connectivity index (χ4n) is 2.07. The molecule has 18 heavy (non-hydrogen) atoms. The standard InChI is InChI=1S/C13H9Br2ClOS/c14-11-6-9(13(15)18-11)12(16)8-1-2-10-7(5-8)3-4-17-10/h1-2,5-6,12H,3-4H2. The van der Waals surface area contributed by atoms with Crippen LogP contribution in [0.2, 0.25) is 0 Å². The Balaban J connectivity index is 1.97. The van der Waals surface area contributed by atoms with Crippen LogP contribution in [0.5, 0.6) is 5.75 Å². The molecule has 1 atom stereocenters. The Labute approximate surface area is 131 Å². The van der Waals surface area contributed by atoms with Gasteiger partial charge in [-0.3, -0.25) is 0 Å². The van der Waals surface area contributed by atoms with Crippen molar-refractivity contribution in [1.29, 1.82) is 0 Å². The van der Waals surface area contributed by atoms with Crippen molar-refractivity contribution in [3.8, 4) is 5.75 Å². The second kappa shape index (κ2) is 5.16. The topological polar surface area (TPSA) is 9.23 Å². The molecule has 3 rings (SSSR count). The smallest absolute Gasteiger partial charge is 0.122 e. The highest BCUT2D eigenvalue weighted by Gasteiger charge is 2.19. The zero-order valence-corrected chi connectivity index (χ0v) is 14.0. The van der Waals surface area contributed by atoms with Crippen molar-refractivity contribution in [2.75, 3.05) is 6.61 Å². The number of hydrogen-bond acceptors (Lipinski definition) is 2. The second-order valence-electron chi connectivity index (χ2n) is 4.11. The summed E-state index contributed by atoms with van der Waals surface area (Å²) in [5.74, 6) is 0.994. The van der Waals surface area contributed by atoms with Gasteiger partial charge >= 0.3 is 0 Å². The Morgan fingerprint density at radius 1 is 1.28 bits per heavy atom. The van der Waals surface area contributed by atoms with Gasteiger partial charge in [0, 0.05) is 12.0 Å². The van der Waals surface area contributed by atoms with E-state index >= 15 is 0 Å². The summed E-state index contributed by atoms with van der Waals surface area (Å²) in [5, 5.41) is -0.132. The molecule has 0 bridgehead atoms. The molecule has 1 unspecified atom stereocenters. The quantitative estimate of drug-likeness (QED) is 0.593. The SMILES string of the molecule is ClC(c1ccc2c(c1)CCO2)c1cc(Br)sc1Br. The molecule has 0 aliphatic carbocycles. The van der Waals surface area contributed by atoms with Crippen molar-refractivity contribution < 1.29 is 4.74 Å². The molecule has 94 valence electrons. The highest BCUT2D eigenvalue weighted by molar-refractivity contribution is 9.12. The molecule has 2 heterocycles. The molecule has 0 saturated heterocycles. The molecule has 0 spiro atoms. The zero-order chi connectivity index (χ0) is 12.7. The molecular weight excluding hydrogens is 399 g/mol. The molecule has 1 aromatic heterocycles. The monoisotopic (exact) mass is 406 g/mol. The van der Waals surface area contributed by atoms with Gasteiger partial charge in [0.05, 0.1) is 19.6 Å². The maximum Gasteiger partial charge on any atom is 0.122 e. The third kappa shape index (κ3) is 2.36. The first kappa shape index (κ1) is 13.0. The number of benzene rings is 1. The van der Waals surface area contributed by atoms with E-state index in [4.69, 9.17) is 16.3 Å². The number of fused-ring (bicyclic) bond motifs is 1. The third-order valence-corrected chi connectivity index (χ3v) is 5.84. The number of thiophene rings is 1. The number of hydrogen-bond donors (Lipinski definition) is 0. The van der Waals surface area contributed by atoms with Crippen LogP contribution in [0, 0.1) is 0 Å². The lowest BCUT2D eigenvalue weighted by Gasteiger charge is -2.10. The van der Waals surface area contributed by atoms with Gasteiger partial charge in [0.25, 0.3) is 0 Å². The van der Waals surface area contributed by atoms with Crippen LogP contribution in [-0.4, -0.2) is 6.61 Å². The highest BCUT2D eigenvalue weighted by atomic mass is 79.9. The van der Waals surface area contributed by atoms with E-state index in [0.717, 1.165) is 37.5 Å². The summed E-state index contributed by atoms with van der Waals surface area (Å²) < 4.78 is 7.67. The molecule has 0 radical (unpaired) electrons. The molecular formula is C13H9Br2ClOS. The van der Waals surface area contributed by atoms with Crippen molar-refractivity contribution in [3.05, 3.63) is 48.5 Å². The van der Waals surface area contributed by atoms with Crippen molar-refractivity contribution in [2.24, 2.45) is 0 Å². The summed E-state index contributed by atoms with van der Waals surface area (Å²) in [5.41, 5.74) is 3.47. The van der Waals surface area contributed by atoms with Gasteiger partial charge in [-0.05, 0) is 55.1 Å². The predicted octanol–water partition coefficient (Wildman–Crippen LogP) is 5.54. The Morgan fingerprint density at radius 3 is 2.83 bits per heavy atom. The van der Waals surface area contributed by atoms with Crippen molar-refractivity contribution in [2.45, 2.75) is 11.8 Å². The summed E-state index contributed by atoms with van der Waals surface area (Å²) in [6, 6.07) is 8.27. The van der Waals surface area contributed by atoms with Gasteiger partial charge in [-0.25, -0.2) is 0 Å². The number of halogens is 3. The molecule has 0 amide bonds. The minimum atomic E-state index is -0.132. The van der Waals surface area contributed by atoms with E-state index in [1.165, 1.54) is 5.56 Å². The number of rotatable bonds is 2. The molecule has 1 aromatic carbocycles. The first-order valence-corrected chi connectivity index (χ1v) is 8.33. The average Bonchev–Trinajstić information content (AvgIpc) is 2.93. The van der Waals surface area contributed by atoms with E-state index in [1.807, 2.05) is 12.1 Å². The minimum absolute atomic E-state index is 0.132. The van der Waals surface area contributed by atoms with Gasteiger partial charge in [0.1, 0.15) is 5.75 Å². The minimum Gasteiger partial charge on any atom is -0.493 e. The van der Waals surface area contributed by atoms with Crippen molar-refractivity contribution in [1.82, 2.24) is 0 Å². The first-order valence-electron chi connectivity index (χ1n) is 5.49.